The lowest BCUT2D eigenvalue weighted by Crippen LogP contribution is -2.30. The molecule has 4 nitrogen and oxygen atoms in total. The first kappa shape index (κ1) is 22.5. The average Bonchev–Trinajstić information content (AvgIpc) is 3.38. The zero-order chi connectivity index (χ0) is 24.6. The minimum atomic E-state index is -4.49. The van der Waals surface area contributed by atoms with Gasteiger partial charge >= 0.3 is 6.18 Å². The summed E-state index contributed by atoms with van der Waals surface area (Å²) in [6, 6.07) is 22.8. The Hall–Kier alpha value is -4.26. The standard InChI is InChI=1S/C28H23F3N4/c1-18-10-9-15-24(35-16-7-8-17-35)25(18)19(2)32-27-21-12-4-6-14-23(21)33-26(34-27)20-11-3-5-13-22(20)28(29,30)31/h3-17,26,33H,2H2,1H3,(H,32,34). The smallest absolute Gasteiger partial charge is 0.359 e. The number of alkyl halides is 3. The summed E-state index contributed by atoms with van der Waals surface area (Å²) < 4.78 is 43.2. The summed E-state index contributed by atoms with van der Waals surface area (Å²) in [5, 5.41) is 6.47. The van der Waals surface area contributed by atoms with Gasteiger partial charge in [-0.1, -0.05) is 49.0 Å². The van der Waals surface area contributed by atoms with E-state index in [1.807, 2.05) is 78.5 Å². The van der Waals surface area contributed by atoms with Gasteiger partial charge < -0.3 is 15.2 Å². The molecule has 0 saturated carbocycles. The number of fused-ring (bicyclic) bond motifs is 1. The van der Waals surface area contributed by atoms with Gasteiger partial charge in [0.25, 0.3) is 0 Å². The van der Waals surface area contributed by atoms with Gasteiger partial charge in [-0.25, -0.2) is 4.99 Å². The third-order valence-corrected chi connectivity index (χ3v) is 6.00. The quantitative estimate of drug-likeness (QED) is 0.338. The van der Waals surface area contributed by atoms with E-state index in [0.717, 1.165) is 28.4 Å². The van der Waals surface area contributed by atoms with E-state index < -0.39 is 17.9 Å². The summed E-state index contributed by atoms with van der Waals surface area (Å²) in [4.78, 5) is 4.68. The largest absolute Gasteiger partial charge is 0.416 e. The highest BCUT2D eigenvalue weighted by atomic mass is 19.4. The number of benzene rings is 3. The lowest BCUT2D eigenvalue weighted by molar-refractivity contribution is -0.138. The summed E-state index contributed by atoms with van der Waals surface area (Å²) >= 11 is 0. The molecule has 5 rings (SSSR count). The van der Waals surface area contributed by atoms with Crippen LogP contribution < -0.4 is 10.6 Å². The van der Waals surface area contributed by atoms with Crippen molar-refractivity contribution in [3.05, 3.63) is 126 Å². The number of aliphatic imine (C=N–C) groups is 1. The molecule has 1 unspecified atom stereocenters. The maximum absolute atomic E-state index is 13.7. The van der Waals surface area contributed by atoms with E-state index in [9.17, 15) is 13.2 Å². The summed E-state index contributed by atoms with van der Waals surface area (Å²) in [7, 11) is 0. The Kier molecular flexibility index (Phi) is 5.68. The van der Waals surface area contributed by atoms with Crippen molar-refractivity contribution in [2.24, 2.45) is 4.99 Å². The Bertz CT molecular complexity index is 1420. The molecule has 1 aromatic heterocycles. The number of nitrogens with one attached hydrogen (secondary N) is 2. The number of hydrogen-bond acceptors (Lipinski definition) is 3. The second-order valence-corrected chi connectivity index (χ2v) is 8.32. The van der Waals surface area contributed by atoms with Gasteiger partial charge in [-0.05, 0) is 48.9 Å². The second kappa shape index (κ2) is 8.83. The average molecular weight is 473 g/mol. The fourth-order valence-corrected chi connectivity index (χ4v) is 4.39. The Morgan fingerprint density at radius 3 is 2.43 bits per heavy atom. The second-order valence-electron chi connectivity index (χ2n) is 8.32. The summed E-state index contributed by atoms with van der Waals surface area (Å²) in [6.07, 6.45) is -1.51. The molecular formula is C28H23F3N4. The molecule has 176 valence electrons. The lowest BCUT2D eigenvalue weighted by atomic mass is 10.0. The first-order valence-electron chi connectivity index (χ1n) is 11.1. The number of halogens is 3. The number of anilines is 1. The van der Waals surface area contributed by atoms with Gasteiger partial charge in [0.2, 0.25) is 0 Å². The van der Waals surface area contributed by atoms with E-state index in [2.05, 4.69) is 22.2 Å². The predicted molar refractivity (Wildman–Crippen MR) is 133 cm³/mol. The molecule has 0 aliphatic carbocycles. The van der Waals surface area contributed by atoms with Crippen molar-refractivity contribution in [1.29, 1.82) is 0 Å². The zero-order valence-corrected chi connectivity index (χ0v) is 19.0. The van der Waals surface area contributed by atoms with Crippen molar-refractivity contribution in [3.8, 4) is 5.69 Å². The van der Waals surface area contributed by atoms with Crippen LogP contribution in [0.1, 0.15) is 34.0 Å². The number of nitrogens with zero attached hydrogens (tertiary/aromatic N) is 2. The van der Waals surface area contributed by atoms with Crippen LogP contribution in [0.3, 0.4) is 0 Å². The molecule has 0 radical (unpaired) electrons. The molecule has 0 bridgehead atoms. The first-order valence-corrected chi connectivity index (χ1v) is 11.1. The van der Waals surface area contributed by atoms with Crippen LogP contribution in [-0.4, -0.2) is 10.4 Å². The molecule has 1 atom stereocenters. The molecule has 0 fully saturated rings. The predicted octanol–water partition coefficient (Wildman–Crippen LogP) is 6.94. The van der Waals surface area contributed by atoms with Crippen LogP contribution in [0.4, 0.5) is 18.9 Å². The number of aromatic nitrogens is 1. The van der Waals surface area contributed by atoms with Gasteiger partial charge in [0, 0.05) is 40.5 Å². The van der Waals surface area contributed by atoms with Gasteiger partial charge in [0.15, 0.2) is 0 Å². The molecule has 1 aliphatic heterocycles. The molecule has 7 heteroatoms. The van der Waals surface area contributed by atoms with Gasteiger partial charge in [-0.15, -0.1) is 0 Å². The molecule has 35 heavy (non-hydrogen) atoms. The van der Waals surface area contributed by atoms with E-state index in [1.54, 1.807) is 6.07 Å². The van der Waals surface area contributed by atoms with Gasteiger partial charge in [0.1, 0.15) is 12.0 Å². The number of hydrogen-bond donors (Lipinski definition) is 2. The van der Waals surface area contributed by atoms with Gasteiger partial charge in [-0.2, -0.15) is 13.2 Å². The fourth-order valence-electron chi connectivity index (χ4n) is 4.39. The molecule has 1 aliphatic rings. The van der Waals surface area contributed by atoms with Crippen LogP contribution >= 0.6 is 0 Å². The minimum absolute atomic E-state index is 0.0586. The first-order chi connectivity index (χ1) is 16.8. The Morgan fingerprint density at radius 2 is 1.66 bits per heavy atom. The monoisotopic (exact) mass is 472 g/mol. The molecular weight excluding hydrogens is 449 g/mol. The van der Waals surface area contributed by atoms with Crippen molar-refractivity contribution in [2.75, 3.05) is 5.32 Å². The zero-order valence-electron chi connectivity index (χ0n) is 19.0. The van der Waals surface area contributed by atoms with Crippen molar-refractivity contribution < 1.29 is 13.2 Å². The molecule has 0 saturated heterocycles. The highest BCUT2D eigenvalue weighted by Gasteiger charge is 2.36. The van der Waals surface area contributed by atoms with Crippen LogP contribution in [0.25, 0.3) is 11.4 Å². The summed E-state index contributed by atoms with van der Waals surface area (Å²) in [6.45, 7) is 6.27. The topological polar surface area (TPSA) is 41.4 Å². The normalized spacial score (nSPS) is 15.1. The van der Waals surface area contributed by atoms with E-state index in [1.165, 1.54) is 12.1 Å². The molecule has 2 heterocycles. The number of rotatable bonds is 4. The molecule has 0 spiro atoms. The van der Waals surface area contributed by atoms with E-state index in [0.29, 0.717) is 17.2 Å². The Balaban J connectivity index is 1.57. The Labute approximate surface area is 201 Å². The van der Waals surface area contributed by atoms with Gasteiger partial charge in [0.05, 0.1) is 11.3 Å². The molecule has 2 N–H and O–H groups in total. The van der Waals surface area contributed by atoms with Gasteiger partial charge in [-0.3, -0.25) is 0 Å². The Morgan fingerprint density at radius 1 is 0.943 bits per heavy atom. The molecule has 3 aromatic carbocycles. The highest BCUT2D eigenvalue weighted by Crippen LogP contribution is 2.38. The van der Waals surface area contributed by atoms with Crippen LogP contribution in [-0.2, 0) is 6.18 Å². The number of amidine groups is 1. The minimum Gasteiger partial charge on any atom is -0.359 e. The van der Waals surface area contributed by atoms with Crippen LogP contribution in [0.15, 0.2) is 103 Å². The number of aryl methyl sites for hydroxylation is 1. The maximum atomic E-state index is 13.7. The van der Waals surface area contributed by atoms with Crippen LogP contribution in [0, 0.1) is 6.92 Å². The maximum Gasteiger partial charge on any atom is 0.416 e. The fraction of sp³-hybridized carbons (Fsp3) is 0.107. The van der Waals surface area contributed by atoms with Crippen molar-refractivity contribution in [1.82, 2.24) is 9.88 Å². The summed E-state index contributed by atoms with van der Waals surface area (Å²) in [5.41, 5.74) is 4.24. The molecule has 0 amide bonds. The number of para-hydroxylation sites is 1. The van der Waals surface area contributed by atoms with Crippen molar-refractivity contribution in [2.45, 2.75) is 19.3 Å². The van der Waals surface area contributed by atoms with Crippen molar-refractivity contribution in [3.63, 3.8) is 0 Å². The molecule has 4 aromatic rings. The third kappa shape index (κ3) is 4.33. The SMILES string of the molecule is C=C(NC1=NC(c2ccccc2C(F)(F)F)Nc2ccccc21)c1c(C)cccc1-n1cccc1. The third-order valence-electron chi connectivity index (χ3n) is 6.00. The lowest BCUT2D eigenvalue weighted by Gasteiger charge is -2.28. The van der Waals surface area contributed by atoms with E-state index in [4.69, 9.17) is 0 Å². The van der Waals surface area contributed by atoms with Crippen molar-refractivity contribution >= 4 is 17.2 Å². The summed E-state index contributed by atoms with van der Waals surface area (Å²) in [5.74, 6) is 0.452. The van der Waals surface area contributed by atoms with E-state index >= 15 is 0 Å². The van der Waals surface area contributed by atoms with E-state index in [-0.39, 0.29) is 5.56 Å². The van der Waals surface area contributed by atoms with Crippen LogP contribution in [0.5, 0.6) is 0 Å². The highest BCUT2D eigenvalue weighted by molar-refractivity contribution is 6.08. The van der Waals surface area contributed by atoms with Crippen LogP contribution in [0.2, 0.25) is 0 Å².